The number of methoxy groups -OCH3 is 1. The van der Waals surface area contributed by atoms with Gasteiger partial charge in [-0.05, 0) is 23.6 Å². The summed E-state index contributed by atoms with van der Waals surface area (Å²) in [6, 6.07) is 11.4. The number of imidazole rings is 1. The molecule has 0 atom stereocenters. The minimum absolute atomic E-state index is 0.0362. The standard InChI is InChI=1S/C21H23N3O4S2/c1-28-19-8-4-3-7-16(19)21-22-17(14-30(2,26)27)18-13-23(9-10-24(18)21)20(25)12-15-6-5-11-29-15/h3-8,11H,9-10,12-14H2,1-2H3. The Hall–Kier alpha value is -2.65. The first-order chi connectivity index (χ1) is 14.4. The minimum Gasteiger partial charge on any atom is -0.496 e. The van der Waals surface area contributed by atoms with Gasteiger partial charge >= 0.3 is 0 Å². The molecule has 1 aromatic carbocycles. The number of benzene rings is 1. The van der Waals surface area contributed by atoms with E-state index in [4.69, 9.17) is 9.72 Å². The molecule has 3 aromatic rings. The van der Waals surface area contributed by atoms with E-state index in [1.54, 1.807) is 23.3 Å². The fraction of sp³-hybridized carbons (Fsp3) is 0.333. The van der Waals surface area contributed by atoms with Crippen LogP contribution in [-0.2, 0) is 39.9 Å². The molecule has 2 aromatic heterocycles. The van der Waals surface area contributed by atoms with Crippen molar-refractivity contribution in [1.82, 2.24) is 14.5 Å². The molecule has 158 valence electrons. The number of hydrogen-bond acceptors (Lipinski definition) is 6. The fourth-order valence-corrected chi connectivity index (χ4v) is 5.14. The Morgan fingerprint density at radius 2 is 2.00 bits per heavy atom. The van der Waals surface area contributed by atoms with E-state index in [0.29, 0.717) is 43.3 Å². The number of para-hydroxylation sites is 1. The highest BCUT2D eigenvalue weighted by Gasteiger charge is 2.29. The molecule has 7 nitrogen and oxygen atoms in total. The van der Waals surface area contributed by atoms with E-state index in [9.17, 15) is 13.2 Å². The summed E-state index contributed by atoms with van der Waals surface area (Å²) in [6.45, 7) is 1.45. The summed E-state index contributed by atoms with van der Waals surface area (Å²) in [7, 11) is -1.68. The molecule has 0 spiro atoms. The molecule has 0 bridgehead atoms. The lowest BCUT2D eigenvalue weighted by molar-refractivity contribution is -0.131. The number of fused-ring (bicyclic) bond motifs is 1. The summed E-state index contributed by atoms with van der Waals surface area (Å²) in [5.74, 6) is 1.22. The topological polar surface area (TPSA) is 81.5 Å². The molecule has 30 heavy (non-hydrogen) atoms. The first kappa shape index (κ1) is 20.6. The molecule has 0 fully saturated rings. The highest BCUT2D eigenvalue weighted by molar-refractivity contribution is 7.89. The molecular formula is C21H23N3O4S2. The fourth-order valence-electron chi connectivity index (χ4n) is 3.72. The van der Waals surface area contributed by atoms with Gasteiger partial charge in [0.25, 0.3) is 0 Å². The Kier molecular flexibility index (Phi) is 5.66. The molecule has 0 N–H and O–H groups in total. The number of amides is 1. The molecule has 1 amide bonds. The van der Waals surface area contributed by atoms with E-state index >= 15 is 0 Å². The molecule has 0 radical (unpaired) electrons. The molecule has 3 heterocycles. The van der Waals surface area contributed by atoms with Crippen molar-refractivity contribution in [1.29, 1.82) is 0 Å². The van der Waals surface area contributed by atoms with Gasteiger partial charge in [0.15, 0.2) is 9.84 Å². The second-order valence-electron chi connectivity index (χ2n) is 7.32. The molecule has 9 heteroatoms. The van der Waals surface area contributed by atoms with Gasteiger partial charge in [0.2, 0.25) is 5.91 Å². The van der Waals surface area contributed by atoms with Gasteiger partial charge in [-0.25, -0.2) is 13.4 Å². The molecule has 1 aliphatic rings. The number of thiophene rings is 1. The zero-order valence-corrected chi connectivity index (χ0v) is 18.5. The van der Waals surface area contributed by atoms with E-state index in [1.165, 1.54) is 6.26 Å². The summed E-state index contributed by atoms with van der Waals surface area (Å²) >= 11 is 1.56. The Balaban J connectivity index is 1.71. The molecule has 4 rings (SSSR count). The number of aromatic nitrogens is 2. The van der Waals surface area contributed by atoms with E-state index < -0.39 is 9.84 Å². The minimum atomic E-state index is -3.28. The SMILES string of the molecule is COc1ccccc1-c1nc(CS(C)(=O)=O)c2n1CCN(C(=O)Cc1cccs1)C2. The zero-order valence-electron chi connectivity index (χ0n) is 16.9. The van der Waals surface area contributed by atoms with Gasteiger partial charge in [-0.1, -0.05) is 18.2 Å². The first-order valence-corrected chi connectivity index (χ1v) is 12.5. The number of hydrogen-bond donors (Lipinski definition) is 0. The number of carbonyl (C=O) groups is 1. The van der Waals surface area contributed by atoms with Crippen LogP contribution in [0.15, 0.2) is 41.8 Å². The first-order valence-electron chi connectivity index (χ1n) is 9.55. The van der Waals surface area contributed by atoms with Crippen LogP contribution in [0.5, 0.6) is 5.75 Å². The van der Waals surface area contributed by atoms with Crippen LogP contribution in [-0.4, -0.2) is 48.7 Å². The lowest BCUT2D eigenvalue weighted by Gasteiger charge is -2.29. The van der Waals surface area contributed by atoms with Gasteiger partial charge in [0.05, 0.1) is 42.8 Å². The van der Waals surface area contributed by atoms with Gasteiger partial charge in [0, 0.05) is 24.2 Å². The van der Waals surface area contributed by atoms with Crippen LogP contribution in [0.4, 0.5) is 0 Å². The highest BCUT2D eigenvalue weighted by Crippen LogP contribution is 2.33. The summed E-state index contributed by atoms with van der Waals surface area (Å²) in [5, 5.41) is 1.96. The molecule has 0 saturated heterocycles. The second-order valence-corrected chi connectivity index (χ2v) is 10.5. The van der Waals surface area contributed by atoms with Crippen molar-refractivity contribution in [2.24, 2.45) is 0 Å². The Morgan fingerprint density at radius 1 is 1.20 bits per heavy atom. The smallest absolute Gasteiger partial charge is 0.228 e. The van der Waals surface area contributed by atoms with Gasteiger partial charge in [-0.2, -0.15) is 0 Å². The molecule has 0 saturated carbocycles. The molecule has 0 unspecified atom stereocenters. The van der Waals surface area contributed by atoms with Gasteiger partial charge in [-0.15, -0.1) is 11.3 Å². The van der Waals surface area contributed by atoms with Crippen molar-refractivity contribution in [3.05, 3.63) is 58.0 Å². The predicted octanol–water partition coefficient (Wildman–Crippen LogP) is 2.75. The quantitative estimate of drug-likeness (QED) is 0.583. The number of ether oxygens (including phenoxy) is 1. The van der Waals surface area contributed by atoms with Crippen LogP contribution in [0.1, 0.15) is 16.3 Å². The van der Waals surface area contributed by atoms with E-state index in [-0.39, 0.29) is 11.7 Å². The van der Waals surface area contributed by atoms with Crippen molar-refractivity contribution in [3.8, 4) is 17.1 Å². The van der Waals surface area contributed by atoms with Gasteiger partial charge in [-0.3, -0.25) is 4.79 Å². The van der Waals surface area contributed by atoms with Crippen LogP contribution in [0.2, 0.25) is 0 Å². The van der Waals surface area contributed by atoms with Crippen LogP contribution >= 0.6 is 11.3 Å². The van der Waals surface area contributed by atoms with Crippen LogP contribution in [0.25, 0.3) is 11.4 Å². The number of nitrogens with zero attached hydrogens (tertiary/aromatic N) is 3. The highest BCUT2D eigenvalue weighted by atomic mass is 32.2. The summed E-state index contributed by atoms with van der Waals surface area (Å²) in [4.78, 5) is 20.3. The van der Waals surface area contributed by atoms with Crippen molar-refractivity contribution >= 4 is 27.1 Å². The maximum Gasteiger partial charge on any atom is 0.228 e. The van der Waals surface area contributed by atoms with Crippen LogP contribution in [0.3, 0.4) is 0 Å². The summed E-state index contributed by atoms with van der Waals surface area (Å²) < 4.78 is 31.6. The molecule has 1 aliphatic heterocycles. The lowest BCUT2D eigenvalue weighted by atomic mass is 10.1. The Morgan fingerprint density at radius 3 is 2.70 bits per heavy atom. The average Bonchev–Trinajstić information content (AvgIpc) is 3.34. The summed E-state index contributed by atoms with van der Waals surface area (Å²) in [6.07, 6.45) is 1.55. The predicted molar refractivity (Wildman–Crippen MR) is 116 cm³/mol. The maximum absolute atomic E-state index is 12.8. The average molecular weight is 446 g/mol. The van der Waals surface area contributed by atoms with Crippen molar-refractivity contribution < 1.29 is 17.9 Å². The number of sulfone groups is 1. The van der Waals surface area contributed by atoms with Gasteiger partial charge < -0.3 is 14.2 Å². The van der Waals surface area contributed by atoms with Crippen LogP contribution < -0.4 is 4.74 Å². The maximum atomic E-state index is 12.8. The normalized spacial score (nSPS) is 13.9. The molecule has 0 aliphatic carbocycles. The van der Waals surface area contributed by atoms with Crippen LogP contribution in [0, 0.1) is 0 Å². The third-order valence-corrected chi connectivity index (χ3v) is 6.77. The Bertz CT molecular complexity index is 1170. The Labute approximate surface area is 179 Å². The number of rotatable bonds is 6. The largest absolute Gasteiger partial charge is 0.496 e. The van der Waals surface area contributed by atoms with Crippen molar-refractivity contribution in [2.45, 2.75) is 25.3 Å². The third-order valence-electron chi connectivity index (χ3n) is 5.09. The van der Waals surface area contributed by atoms with E-state index in [2.05, 4.69) is 0 Å². The number of carbonyl (C=O) groups excluding carboxylic acids is 1. The van der Waals surface area contributed by atoms with Crippen molar-refractivity contribution in [3.63, 3.8) is 0 Å². The monoisotopic (exact) mass is 445 g/mol. The zero-order chi connectivity index (χ0) is 21.3. The van der Waals surface area contributed by atoms with Gasteiger partial charge in [0.1, 0.15) is 11.6 Å². The lowest BCUT2D eigenvalue weighted by Crippen LogP contribution is -2.39. The molecular weight excluding hydrogens is 422 g/mol. The van der Waals surface area contributed by atoms with E-state index in [1.807, 2.05) is 46.3 Å². The van der Waals surface area contributed by atoms with Crippen molar-refractivity contribution in [2.75, 3.05) is 19.9 Å². The second kappa shape index (κ2) is 8.23. The third kappa shape index (κ3) is 4.27. The summed E-state index contributed by atoms with van der Waals surface area (Å²) in [5.41, 5.74) is 2.07. The van der Waals surface area contributed by atoms with E-state index in [0.717, 1.165) is 16.1 Å².